The Morgan fingerprint density at radius 1 is 0.889 bits per heavy atom. The molecule has 0 bridgehead atoms. The predicted octanol–water partition coefficient (Wildman–Crippen LogP) is 4.56. The Labute approximate surface area is 270 Å². The molecule has 9 heteroatoms. The van der Waals surface area contributed by atoms with Crippen LogP contribution in [-0.4, -0.2) is 63.6 Å². The number of ether oxygens (including phenoxy) is 1. The van der Waals surface area contributed by atoms with Gasteiger partial charge >= 0.3 is 5.97 Å². The largest absolute Gasteiger partial charge is 0.467 e. The molecule has 0 spiro atoms. The fourth-order valence-electron chi connectivity index (χ4n) is 5.27. The zero-order chi connectivity index (χ0) is 33.3. The lowest BCUT2D eigenvalue weighted by molar-refractivity contribution is -0.146. The molecule has 2 amide bonds. The zero-order valence-electron chi connectivity index (χ0n) is 27.8. The molecule has 0 fully saturated rings. The molecule has 0 aromatic heterocycles. The maximum atomic E-state index is 13.6. The summed E-state index contributed by atoms with van der Waals surface area (Å²) in [5, 5.41) is 16.8. The molecule has 0 aliphatic rings. The molecule has 8 nitrogen and oxygen atoms in total. The molecular weight excluding hydrogens is 584 g/mol. The lowest BCUT2D eigenvalue weighted by Gasteiger charge is -2.43. The normalized spacial score (nSPS) is 13.7. The minimum atomic E-state index is -3.05. The van der Waals surface area contributed by atoms with Crippen molar-refractivity contribution in [1.29, 1.82) is 0 Å². The van der Waals surface area contributed by atoms with Crippen LogP contribution in [0.2, 0.25) is 5.04 Å². The van der Waals surface area contributed by atoms with Gasteiger partial charge in [-0.05, 0) is 35.2 Å². The molecule has 2 atom stereocenters. The number of carbonyl (C=O) groups excluding carboxylic acids is 3. The predicted molar refractivity (Wildman–Crippen MR) is 183 cm³/mol. The molecule has 0 saturated carbocycles. The van der Waals surface area contributed by atoms with Gasteiger partial charge in [-0.1, -0.05) is 132 Å². The first-order chi connectivity index (χ1) is 21.5. The molecule has 0 saturated heterocycles. The Kier molecular flexibility index (Phi) is 16.0. The van der Waals surface area contributed by atoms with Crippen molar-refractivity contribution in [2.45, 2.75) is 90.3 Å². The van der Waals surface area contributed by atoms with E-state index in [1.165, 1.54) is 32.8 Å². The maximum Gasteiger partial charge on any atom is 0.330 e. The van der Waals surface area contributed by atoms with Crippen molar-refractivity contribution < 1.29 is 28.7 Å². The van der Waals surface area contributed by atoms with Gasteiger partial charge in [0.1, 0.15) is 6.04 Å². The number of benzene rings is 2. The minimum absolute atomic E-state index is 0.162. The molecule has 246 valence electrons. The second kappa shape index (κ2) is 19.1. The van der Waals surface area contributed by atoms with Gasteiger partial charge in [0, 0.05) is 5.57 Å². The highest BCUT2D eigenvalue weighted by atomic mass is 28.4. The molecule has 2 rings (SSSR count). The van der Waals surface area contributed by atoms with Gasteiger partial charge in [0.05, 0.1) is 20.3 Å². The van der Waals surface area contributed by atoms with E-state index in [1.54, 1.807) is 13.0 Å². The Balaban J connectivity index is 2.39. The second-order valence-corrected chi connectivity index (χ2v) is 16.6. The zero-order valence-corrected chi connectivity index (χ0v) is 28.8. The second-order valence-electron chi connectivity index (χ2n) is 12.2. The van der Waals surface area contributed by atoms with Crippen molar-refractivity contribution in [3.8, 4) is 0 Å². The summed E-state index contributed by atoms with van der Waals surface area (Å²) in [6, 6.07) is 17.5. The van der Waals surface area contributed by atoms with E-state index in [4.69, 9.17) is 9.16 Å². The van der Waals surface area contributed by atoms with E-state index in [9.17, 15) is 19.5 Å². The van der Waals surface area contributed by atoms with Crippen molar-refractivity contribution in [2.24, 2.45) is 0 Å². The van der Waals surface area contributed by atoms with Crippen LogP contribution < -0.4 is 21.0 Å². The minimum Gasteiger partial charge on any atom is -0.467 e. The van der Waals surface area contributed by atoms with E-state index >= 15 is 0 Å². The van der Waals surface area contributed by atoms with Crippen LogP contribution in [0.25, 0.3) is 0 Å². The van der Waals surface area contributed by atoms with Crippen molar-refractivity contribution in [3.05, 3.63) is 84.5 Å². The molecule has 3 N–H and O–H groups in total. The third-order valence-electron chi connectivity index (χ3n) is 7.80. The molecule has 0 heterocycles. The fourth-order valence-corrected chi connectivity index (χ4v) is 9.84. The molecule has 0 radical (unpaired) electrons. The number of allylic oxidation sites excluding steroid dienone is 3. The summed E-state index contributed by atoms with van der Waals surface area (Å²) in [4.78, 5) is 39.1. The maximum absolute atomic E-state index is 13.6. The number of esters is 1. The summed E-state index contributed by atoms with van der Waals surface area (Å²) in [6.07, 6.45) is 12.5. The van der Waals surface area contributed by atoms with Gasteiger partial charge < -0.3 is 24.9 Å². The summed E-state index contributed by atoms with van der Waals surface area (Å²) in [5.74, 6) is -1.90. The smallest absolute Gasteiger partial charge is 0.330 e. The average Bonchev–Trinajstić information content (AvgIpc) is 3.04. The highest BCUT2D eigenvalue weighted by Gasteiger charge is 2.50. The number of methoxy groups -OCH3 is 1. The van der Waals surface area contributed by atoms with Crippen LogP contribution in [-0.2, 0) is 23.5 Å². The summed E-state index contributed by atoms with van der Waals surface area (Å²) in [5.41, 5.74) is 0.423. The Morgan fingerprint density at radius 3 is 1.98 bits per heavy atom. The third kappa shape index (κ3) is 11.1. The standard InChI is InChI=1S/C36H52N2O6Si/c1-7-8-9-10-11-12-13-16-21-28(2)33(40)38-32(34(41)37-31(26-39)35(42)43-6)27-44-45(36(3,4)5,29-22-17-14-18-23-29)30-24-19-15-20-25-30/h13-25,31-32,39H,7-12,26-27H2,1-6H3,(H,37,41)(H,38,40)/b16-13+,28-21+. The molecule has 2 aromatic carbocycles. The van der Waals surface area contributed by atoms with Crippen LogP contribution in [0.15, 0.2) is 84.5 Å². The number of aliphatic hydroxyl groups excluding tert-OH is 1. The first-order valence-corrected chi connectivity index (χ1v) is 17.8. The number of carbonyl (C=O) groups is 3. The highest BCUT2D eigenvalue weighted by molar-refractivity contribution is 6.99. The van der Waals surface area contributed by atoms with Crippen molar-refractivity contribution >= 4 is 36.5 Å². The molecule has 0 aliphatic heterocycles. The van der Waals surface area contributed by atoms with Crippen LogP contribution in [0.1, 0.15) is 73.1 Å². The molecule has 45 heavy (non-hydrogen) atoms. The number of aliphatic hydroxyl groups is 1. The molecule has 2 unspecified atom stereocenters. The highest BCUT2D eigenvalue weighted by Crippen LogP contribution is 2.36. The van der Waals surface area contributed by atoms with E-state index in [0.717, 1.165) is 23.2 Å². The molecule has 0 aliphatic carbocycles. The van der Waals surface area contributed by atoms with Crippen molar-refractivity contribution in [3.63, 3.8) is 0 Å². The van der Waals surface area contributed by atoms with E-state index in [2.05, 4.69) is 38.3 Å². The van der Waals surface area contributed by atoms with Gasteiger partial charge in [-0.15, -0.1) is 0 Å². The number of rotatable bonds is 18. The molecular formula is C36H52N2O6Si. The Hall–Kier alpha value is -3.53. The first-order valence-electron chi connectivity index (χ1n) is 15.9. The summed E-state index contributed by atoms with van der Waals surface area (Å²) < 4.78 is 11.7. The first kappa shape index (κ1) is 37.7. The SMILES string of the molecule is CCCCCCC/C=C/C=C(\C)C(=O)NC(CO[Si](c1ccccc1)(c1ccccc1)C(C)(C)C)C(=O)NC(CO)C(=O)OC. The van der Waals surface area contributed by atoms with Crippen molar-refractivity contribution in [2.75, 3.05) is 20.3 Å². The third-order valence-corrected chi connectivity index (χ3v) is 12.8. The lowest BCUT2D eigenvalue weighted by Crippen LogP contribution is -2.68. The lowest BCUT2D eigenvalue weighted by atomic mass is 10.1. The van der Waals surface area contributed by atoms with E-state index in [-0.39, 0.29) is 11.6 Å². The number of amides is 2. The van der Waals surface area contributed by atoms with Crippen LogP contribution in [0.4, 0.5) is 0 Å². The number of unbranched alkanes of at least 4 members (excludes halogenated alkanes) is 5. The Bertz CT molecular complexity index is 1220. The quantitative estimate of drug-likeness (QED) is 0.0727. The van der Waals surface area contributed by atoms with Crippen LogP contribution >= 0.6 is 0 Å². The summed E-state index contributed by atoms with van der Waals surface area (Å²) >= 11 is 0. The number of hydrogen-bond donors (Lipinski definition) is 3. The summed E-state index contributed by atoms with van der Waals surface area (Å²) in [6.45, 7) is 9.42. The van der Waals surface area contributed by atoms with Gasteiger partial charge in [0.2, 0.25) is 11.8 Å². The number of hydrogen-bond acceptors (Lipinski definition) is 6. The summed E-state index contributed by atoms with van der Waals surface area (Å²) in [7, 11) is -1.88. The number of nitrogens with one attached hydrogen (secondary N) is 2. The van der Waals surface area contributed by atoms with Gasteiger partial charge in [-0.3, -0.25) is 9.59 Å². The van der Waals surface area contributed by atoms with E-state index < -0.39 is 44.8 Å². The Morgan fingerprint density at radius 2 is 1.47 bits per heavy atom. The van der Waals surface area contributed by atoms with Crippen LogP contribution in [0.5, 0.6) is 0 Å². The van der Waals surface area contributed by atoms with Gasteiger partial charge in [-0.2, -0.15) is 0 Å². The fraction of sp³-hybridized carbons (Fsp3) is 0.472. The van der Waals surface area contributed by atoms with E-state index in [1.807, 2.05) is 72.8 Å². The van der Waals surface area contributed by atoms with Crippen molar-refractivity contribution in [1.82, 2.24) is 10.6 Å². The van der Waals surface area contributed by atoms with Gasteiger partial charge in [0.15, 0.2) is 6.04 Å². The molecule has 2 aromatic rings. The van der Waals surface area contributed by atoms with Crippen LogP contribution in [0, 0.1) is 0 Å². The van der Waals surface area contributed by atoms with Gasteiger partial charge in [-0.25, -0.2) is 4.79 Å². The van der Waals surface area contributed by atoms with Crippen LogP contribution in [0.3, 0.4) is 0 Å². The average molecular weight is 637 g/mol. The monoisotopic (exact) mass is 636 g/mol. The topological polar surface area (TPSA) is 114 Å². The van der Waals surface area contributed by atoms with Gasteiger partial charge in [0.25, 0.3) is 8.32 Å². The van der Waals surface area contributed by atoms with E-state index in [0.29, 0.717) is 5.57 Å².